The largest absolute Gasteiger partial charge is 0.353 e. The smallest absolute Gasteiger partial charge is 0.242 e. The molecule has 1 aliphatic rings. The fraction of sp³-hybridized carbons (Fsp3) is 0.615. The molecule has 1 saturated carbocycles. The van der Waals surface area contributed by atoms with Gasteiger partial charge in [-0.25, -0.2) is 0 Å². The quantitative estimate of drug-likeness (QED) is 0.873. The minimum absolute atomic E-state index is 0.0576. The molecule has 1 aromatic heterocycles. The lowest BCUT2D eigenvalue weighted by molar-refractivity contribution is -0.122. The van der Waals surface area contributed by atoms with Crippen LogP contribution in [0.25, 0.3) is 0 Å². The molecule has 2 rings (SSSR count). The van der Waals surface area contributed by atoms with Gasteiger partial charge in [0.25, 0.3) is 0 Å². The summed E-state index contributed by atoms with van der Waals surface area (Å²) in [4.78, 5) is 12.9. The maximum atomic E-state index is 12.0. The molecule has 100 valence electrons. The molecule has 18 heavy (non-hydrogen) atoms. The molecule has 0 spiro atoms. The average Bonchev–Trinajstić information content (AvgIpc) is 3.06. The standard InChI is InChI=1S/C13H20N2OS2/c1-17-13(6-2-3-7-13)9-15-12(16)11(14)10-5-4-8-18-10/h4-5,8,11H,2-3,6-7,9,14H2,1H3,(H,15,16). The van der Waals surface area contributed by atoms with Crippen LogP contribution < -0.4 is 11.1 Å². The van der Waals surface area contributed by atoms with Gasteiger partial charge in [-0.2, -0.15) is 11.8 Å². The lowest BCUT2D eigenvalue weighted by Crippen LogP contribution is -2.42. The molecule has 3 N–H and O–H groups in total. The Hall–Kier alpha value is -0.520. The van der Waals surface area contributed by atoms with Gasteiger partial charge in [0.2, 0.25) is 5.91 Å². The van der Waals surface area contributed by atoms with E-state index in [2.05, 4.69) is 11.6 Å². The Bertz CT molecular complexity index is 386. The SMILES string of the molecule is CSC1(CNC(=O)C(N)c2cccs2)CCCC1. The van der Waals surface area contributed by atoms with E-state index in [4.69, 9.17) is 5.73 Å². The van der Waals surface area contributed by atoms with Gasteiger partial charge in [0, 0.05) is 16.2 Å². The summed E-state index contributed by atoms with van der Waals surface area (Å²) in [7, 11) is 0. The lowest BCUT2D eigenvalue weighted by Gasteiger charge is -2.27. The topological polar surface area (TPSA) is 55.1 Å². The van der Waals surface area contributed by atoms with E-state index in [-0.39, 0.29) is 10.7 Å². The molecule has 0 bridgehead atoms. The van der Waals surface area contributed by atoms with Crippen LogP contribution in [-0.2, 0) is 4.79 Å². The fourth-order valence-corrected chi connectivity index (χ4v) is 4.07. The maximum absolute atomic E-state index is 12.0. The van der Waals surface area contributed by atoms with Gasteiger partial charge in [-0.3, -0.25) is 4.79 Å². The Kier molecular flexibility index (Phi) is 4.70. The zero-order valence-corrected chi connectivity index (χ0v) is 12.3. The molecular weight excluding hydrogens is 264 g/mol. The summed E-state index contributed by atoms with van der Waals surface area (Å²) in [6.07, 6.45) is 7.07. The van der Waals surface area contributed by atoms with Crippen LogP contribution in [0.2, 0.25) is 0 Å². The molecule has 3 nitrogen and oxygen atoms in total. The number of amides is 1. The summed E-state index contributed by atoms with van der Waals surface area (Å²) in [5, 5.41) is 4.97. The molecule has 0 aliphatic heterocycles. The Balaban J connectivity index is 1.88. The zero-order valence-electron chi connectivity index (χ0n) is 10.6. The van der Waals surface area contributed by atoms with Gasteiger partial charge in [0.05, 0.1) is 0 Å². The average molecular weight is 284 g/mol. The first-order chi connectivity index (χ1) is 8.67. The van der Waals surface area contributed by atoms with Crippen LogP contribution in [0.3, 0.4) is 0 Å². The second-order valence-corrected chi connectivity index (χ2v) is 7.06. The Labute approximate surface area is 117 Å². The summed E-state index contributed by atoms with van der Waals surface area (Å²) in [5.74, 6) is -0.0576. The molecular formula is C13H20N2OS2. The molecule has 1 aliphatic carbocycles. The van der Waals surface area contributed by atoms with Gasteiger partial charge >= 0.3 is 0 Å². The van der Waals surface area contributed by atoms with Crippen molar-refractivity contribution in [2.24, 2.45) is 5.73 Å². The predicted octanol–water partition coefficient (Wildman–Crippen LogP) is 2.54. The molecule has 1 atom stereocenters. The zero-order chi connectivity index (χ0) is 13.0. The normalized spacial score (nSPS) is 19.7. The van der Waals surface area contributed by atoms with E-state index in [0.29, 0.717) is 0 Å². The second kappa shape index (κ2) is 6.08. The van der Waals surface area contributed by atoms with E-state index in [9.17, 15) is 4.79 Å². The highest BCUT2D eigenvalue weighted by molar-refractivity contribution is 8.00. The number of nitrogens with two attached hydrogens (primary N) is 1. The van der Waals surface area contributed by atoms with Crippen molar-refractivity contribution in [1.82, 2.24) is 5.32 Å². The number of rotatable bonds is 5. The van der Waals surface area contributed by atoms with Gasteiger partial charge in [-0.05, 0) is 30.5 Å². The van der Waals surface area contributed by atoms with E-state index in [1.807, 2.05) is 29.3 Å². The molecule has 1 heterocycles. The van der Waals surface area contributed by atoms with Gasteiger partial charge in [-0.1, -0.05) is 18.9 Å². The lowest BCUT2D eigenvalue weighted by atomic mass is 10.1. The van der Waals surface area contributed by atoms with Crippen LogP contribution in [-0.4, -0.2) is 23.5 Å². The number of hydrogen-bond donors (Lipinski definition) is 2. The summed E-state index contributed by atoms with van der Waals surface area (Å²) in [6, 6.07) is 3.31. The minimum Gasteiger partial charge on any atom is -0.353 e. The molecule has 1 fully saturated rings. The summed E-state index contributed by atoms with van der Waals surface area (Å²) in [6.45, 7) is 0.742. The summed E-state index contributed by atoms with van der Waals surface area (Å²) in [5.41, 5.74) is 5.94. The van der Waals surface area contributed by atoms with Crippen molar-refractivity contribution < 1.29 is 4.79 Å². The molecule has 5 heteroatoms. The van der Waals surface area contributed by atoms with E-state index in [0.717, 1.165) is 11.4 Å². The van der Waals surface area contributed by atoms with Crippen LogP contribution >= 0.6 is 23.1 Å². The number of thioether (sulfide) groups is 1. The third-order valence-electron chi connectivity index (χ3n) is 3.66. The van der Waals surface area contributed by atoms with Gasteiger partial charge in [0.15, 0.2) is 0 Å². The number of thiophene rings is 1. The van der Waals surface area contributed by atoms with Crippen molar-refractivity contribution in [3.8, 4) is 0 Å². The first-order valence-electron chi connectivity index (χ1n) is 6.29. The van der Waals surface area contributed by atoms with Crippen molar-refractivity contribution in [3.05, 3.63) is 22.4 Å². The van der Waals surface area contributed by atoms with Crippen molar-refractivity contribution in [3.63, 3.8) is 0 Å². The highest BCUT2D eigenvalue weighted by atomic mass is 32.2. The van der Waals surface area contributed by atoms with Gasteiger partial charge < -0.3 is 11.1 Å². The molecule has 1 aromatic rings. The number of nitrogens with one attached hydrogen (secondary N) is 1. The van der Waals surface area contributed by atoms with Crippen molar-refractivity contribution in [2.45, 2.75) is 36.5 Å². The third kappa shape index (κ3) is 3.08. The minimum atomic E-state index is -0.523. The summed E-state index contributed by atoms with van der Waals surface area (Å²) < 4.78 is 0.241. The molecule has 0 aromatic carbocycles. The van der Waals surface area contributed by atoms with Crippen LogP contribution in [0.5, 0.6) is 0 Å². The molecule has 1 amide bonds. The predicted molar refractivity (Wildman–Crippen MR) is 79.0 cm³/mol. The Morgan fingerprint density at radius 3 is 2.89 bits per heavy atom. The van der Waals surface area contributed by atoms with Gasteiger partial charge in [-0.15, -0.1) is 11.3 Å². The Morgan fingerprint density at radius 2 is 2.33 bits per heavy atom. The van der Waals surface area contributed by atoms with E-state index < -0.39 is 6.04 Å². The van der Waals surface area contributed by atoms with Crippen LogP contribution in [0.1, 0.15) is 36.6 Å². The first kappa shape index (κ1) is 13.9. The molecule has 0 saturated heterocycles. The van der Waals surface area contributed by atoms with Crippen LogP contribution in [0.4, 0.5) is 0 Å². The van der Waals surface area contributed by atoms with Crippen LogP contribution in [0.15, 0.2) is 17.5 Å². The highest BCUT2D eigenvalue weighted by Gasteiger charge is 2.33. The number of carbonyl (C=O) groups excluding carboxylic acids is 1. The van der Waals surface area contributed by atoms with E-state index in [1.54, 1.807) is 0 Å². The van der Waals surface area contributed by atoms with Crippen molar-refractivity contribution in [1.29, 1.82) is 0 Å². The number of hydrogen-bond acceptors (Lipinski definition) is 4. The fourth-order valence-electron chi connectivity index (χ4n) is 2.43. The monoisotopic (exact) mass is 284 g/mol. The molecule has 1 unspecified atom stereocenters. The van der Waals surface area contributed by atoms with Gasteiger partial charge in [0.1, 0.15) is 6.04 Å². The second-order valence-electron chi connectivity index (χ2n) is 4.81. The van der Waals surface area contributed by atoms with Crippen LogP contribution in [0, 0.1) is 0 Å². The molecule has 0 radical (unpaired) electrons. The van der Waals surface area contributed by atoms with Crippen molar-refractivity contribution >= 4 is 29.0 Å². The maximum Gasteiger partial charge on any atom is 0.242 e. The van der Waals surface area contributed by atoms with E-state index in [1.165, 1.54) is 37.0 Å². The van der Waals surface area contributed by atoms with E-state index >= 15 is 0 Å². The highest BCUT2D eigenvalue weighted by Crippen LogP contribution is 2.39. The third-order valence-corrected chi connectivity index (χ3v) is 6.04. The summed E-state index contributed by atoms with van der Waals surface area (Å²) >= 11 is 3.41. The van der Waals surface area contributed by atoms with Crippen molar-refractivity contribution in [2.75, 3.05) is 12.8 Å². The number of carbonyl (C=O) groups is 1. The first-order valence-corrected chi connectivity index (χ1v) is 8.39. The Morgan fingerprint density at radius 1 is 1.61 bits per heavy atom.